The minimum absolute atomic E-state index is 0.168. The van der Waals surface area contributed by atoms with Gasteiger partial charge >= 0.3 is 0 Å². The van der Waals surface area contributed by atoms with E-state index in [1.165, 1.54) is 0 Å². The Labute approximate surface area is 110 Å². The molecule has 0 bridgehead atoms. The van der Waals surface area contributed by atoms with E-state index in [9.17, 15) is 8.78 Å². The minimum Gasteiger partial charge on any atom is -0.272 e. The molecule has 1 heterocycles. The van der Waals surface area contributed by atoms with Crippen LogP contribution in [0.2, 0.25) is 0 Å². The third-order valence-corrected chi connectivity index (χ3v) is 3.29. The van der Waals surface area contributed by atoms with E-state index < -0.39 is 17.7 Å². The Kier molecular flexibility index (Phi) is 3.64. The van der Waals surface area contributed by atoms with Crippen molar-refractivity contribution >= 4 is 0 Å². The number of hydrazine groups is 1. The molecular weight excluding hydrogens is 250 g/mol. The van der Waals surface area contributed by atoms with Gasteiger partial charge in [0.05, 0.1) is 11.7 Å². The SMILES string of the molecule is Cc1nn(C)c(C)c1C(NN)c1cc(F)ccc1F. The molecule has 0 aliphatic heterocycles. The van der Waals surface area contributed by atoms with Crippen molar-refractivity contribution < 1.29 is 8.78 Å². The fraction of sp³-hybridized carbons (Fsp3) is 0.308. The predicted octanol–water partition coefficient (Wildman–Crippen LogP) is 1.87. The monoisotopic (exact) mass is 266 g/mol. The Balaban J connectivity index is 2.59. The van der Waals surface area contributed by atoms with Gasteiger partial charge in [0.15, 0.2) is 0 Å². The molecule has 102 valence electrons. The van der Waals surface area contributed by atoms with Gasteiger partial charge in [0.1, 0.15) is 11.6 Å². The quantitative estimate of drug-likeness (QED) is 0.658. The van der Waals surface area contributed by atoms with E-state index in [1.807, 2.05) is 13.8 Å². The molecule has 3 N–H and O–H groups in total. The molecule has 0 saturated carbocycles. The first-order valence-corrected chi connectivity index (χ1v) is 5.87. The fourth-order valence-electron chi connectivity index (χ4n) is 2.27. The Morgan fingerprint density at radius 1 is 1.32 bits per heavy atom. The maximum Gasteiger partial charge on any atom is 0.128 e. The lowest BCUT2D eigenvalue weighted by Crippen LogP contribution is -2.30. The summed E-state index contributed by atoms with van der Waals surface area (Å²) in [6.45, 7) is 3.67. The van der Waals surface area contributed by atoms with Crippen LogP contribution in [0.4, 0.5) is 8.78 Å². The van der Waals surface area contributed by atoms with Gasteiger partial charge in [-0.05, 0) is 32.0 Å². The van der Waals surface area contributed by atoms with Gasteiger partial charge in [-0.2, -0.15) is 5.10 Å². The standard InChI is InChI=1S/C13H16F2N4/c1-7-12(8(2)19(3)18-7)13(17-16)10-6-9(14)4-5-11(10)15/h4-6,13,17H,16H2,1-3H3. The fourth-order valence-corrected chi connectivity index (χ4v) is 2.27. The lowest BCUT2D eigenvalue weighted by molar-refractivity contribution is 0.543. The van der Waals surface area contributed by atoms with Crippen molar-refractivity contribution in [3.8, 4) is 0 Å². The second-order valence-corrected chi connectivity index (χ2v) is 4.47. The molecule has 2 rings (SSSR count). The lowest BCUT2D eigenvalue weighted by Gasteiger charge is -2.18. The summed E-state index contributed by atoms with van der Waals surface area (Å²) in [5.74, 6) is 4.52. The third kappa shape index (κ3) is 2.36. The number of nitrogens with two attached hydrogens (primary N) is 1. The number of halogens is 2. The maximum absolute atomic E-state index is 13.9. The second-order valence-electron chi connectivity index (χ2n) is 4.47. The summed E-state index contributed by atoms with van der Waals surface area (Å²) in [7, 11) is 1.79. The third-order valence-electron chi connectivity index (χ3n) is 3.29. The highest BCUT2D eigenvalue weighted by atomic mass is 19.1. The van der Waals surface area contributed by atoms with Crippen LogP contribution in [-0.2, 0) is 7.05 Å². The van der Waals surface area contributed by atoms with Crippen LogP contribution in [0.15, 0.2) is 18.2 Å². The summed E-state index contributed by atoms with van der Waals surface area (Å²) in [4.78, 5) is 0. The number of benzene rings is 1. The molecule has 1 aromatic heterocycles. The van der Waals surface area contributed by atoms with Crippen molar-refractivity contribution in [2.24, 2.45) is 12.9 Å². The normalized spacial score (nSPS) is 12.7. The number of aromatic nitrogens is 2. The van der Waals surface area contributed by atoms with Crippen molar-refractivity contribution in [1.82, 2.24) is 15.2 Å². The highest BCUT2D eigenvalue weighted by molar-refractivity contribution is 5.37. The molecule has 4 nitrogen and oxygen atoms in total. The molecule has 1 atom stereocenters. The Morgan fingerprint density at radius 2 is 2.00 bits per heavy atom. The van der Waals surface area contributed by atoms with Crippen molar-refractivity contribution in [2.45, 2.75) is 19.9 Å². The maximum atomic E-state index is 13.9. The zero-order valence-electron chi connectivity index (χ0n) is 11.0. The molecule has 2 aromatic rings. The van der Waals surface area contributed by atoms with Crippen molar-refractivity contribution in [1.29, 1.82) is 0 Å². The van der Waals surface area contributed by atoms with E-state index in [1.54, 1.807) is 11.7 Å². The van der Waals surface area contributed by atoms with Crippen LogP contribution in [0.5, 0.6) is 0 Å². The molecular formula is C13H16F2N4. The van der Waals surface area contributed by atoms with Crippen molar-refractivity contribution in [3.63, 3.8) is 0 Å². The van der Waals surface area contributed by atoms with Crippen molar-refractivity contribution in [2.75, 3.05) is 0 Å². The van der Waals surface area contributed by atoms with Crippen LogP contribution in [0, 0.1) is 25.5 Å². The first kappa shape index (κ1) is 13.6. The smallest absolute Gasteiger partial charge is 0.128 e. The number of hydrogen-bond donors (Lipinski definition) is 2. The van der Waals surface area contributed by atoms with Crippen LogP contribution in [0.25, 0.3) is 0 Å². The minimum atomic E-state index is -0.635. The average Bonchev–Trinajstić information content (AvgIpc) is 2.61. The zero-order valence-corrected chi connectivity index (χ0v) is 11.0. The molecule has 0 spiro atoms. The van der Waals surface area contributed by atoms with Gasteiger partial charge in [0.25, 0.3) is 0 Å². The number of nitrogens with zero attached hydrogens (tertiary/aromatic N) is 2. The molecule has 0 saturated heterocycles. The van der Waals surface area contributed by atoms with E-state index in [0.29, 0.717) is 0 Å². The first-order valence-electron chi connectivity index (χ1n) is 5.87. The highest BCUT2D eigenvalue weighted by Crippen LogP contribution is 2.28. The summed E-state index contributed by atoms with van der Waals surface area (Å²) < 4.78 is 28.9. The summed E-state index contributed by atoms with van der Waals surface area (Å²) in [5, 5.41) is 4.26. The molecule has 0 aliphatic carbocycles. The van der Waals surface area contributed by atoms with Gasteiger partial charge in [-0.1, -0.05) is 0 Å². The van der Waals surface area contributed by atoms with Gasteiger partial charge < -0.3 is 0 Å². The Bertz CT molecular complexity index is 607. The van der Waals surface area contributed by atoms with E-state index in [-0.39, 0.29) is 5.56 Å². The van der Waals surface area contributed by atoms with E-state index in [0.717, 1.165) is 35.2 Å². The molecule has 1 aromatic carbocycles. The molecule has 0 fully saturated rings. The number of aryl methyl sites for hydroxylation is 2. The first-order chi connectivity index (χ1) is 8.95. The Hall–Kier alpha value is -1.79. The summed E-state index contributed by atoms with van der Waals surface area (Å²) in [5.41, 5.74) is 5.04. The van der Waals surface area contributed by atoms with Gasteiger partial charge in [-0.3, -0.25) is 10.5 Å². The van der Waals surface area contributed by atoms with Gasteiger partial charge in [0, 0.05) is 23.9 Å². The van der Waals surface area contributed by atoms with E-state index >= 15 is 0 Å². The molecule has 0 radical (unpaired) electrons. The van der Waals surface area contributed by atoms with Gasteiger partial charge in [0.2, 0.25) is 0 Å². The van der Waals surface area contributed by atoms with Gasteiger partial charge in [-0.25, -0.2) is 14.2 Å². The van der Waals surface area contributed by atoms with Crippen LogP contribution >= 0.6 is 0 Å². The molecule has 0 amide bonds. The van der Waals surface area contributed by atoms with Gasteiger partial charge in [-0.15, -0.1) is 0 Å². The van der Waals surface area contributed by atoms with E-state index in [4.69, 9.17) is 5.84 Å². The van der Waals surface area contributed by atoms with Crippen LogP contribution in [0.3, 0.4) is 0 Å². The largest absolute Gasteiger partial charge is 0.272 e. The summed E-state index contributed by atoms with van der Waals surface area (Å²) in [6.07, 6.45) is 0. The summed E-state index contributed by atoms with van der Waals surface area (Å²) in [6, 6.07) is 2.68. The van der Waals surface area contributed by atoms with Crippen LogP contribution in [-0.4, -0.2) is 9.78 Å². The second kappa shape index (κ2) is 5.07. The Morgan fingerprint density at radius 3 is 2.53 bits per heavy atom. The topological polar surface area (TPSA) is 55.9 Å². The van der Waals surface area contributed by atoms with Crippen molar-refractivity contribution in [3.05, 3.63) is 52.3 Å². The zero-order chi connectivity index (χ0) is 14.2. The van der Waals surface area contributed by atoms with Crippen LogP contribution in [0.1, 0.15) is 28.6 Å². The van der Waals surface area contributed by atoms with E-state index in [2.05, 4.69) is 10.5 Å². The molecule has 6 heteroatoms. The number of rotatable bonds is 3. The molecule has 1 unspecified atom stereocenters. The molecule has 0 aliphatic rings. The lowest BCUT2D eigenvalue weighted by atomic mass is 9.97. The van der Waals surface area contributed by atoms with Crippen LogP contribution < -0.4 is 11.3 Å². The number of nitrogens with one attached hydrogen (secondary N) is 1. The highest BCUT2D eigenvalue weighted by Gasteiger charge is 2.23. The molecule has 19 heavy (non-hydrogen) atoms. The summed E-state index contributed by atoms with van der Waals surface area (Å²) >= 11 is 0. The number of hydrogen-bond acceptors (Lipinski definition) is 3. The average molecular weight is 266 g/mol. The predicted molar refractivity (Wildman–Crippen MR) is 68.2 cm³/mol.